The zero-order chi connectivity index (χ0) is 14.2. The van der Waals surface area contributed by atoms with Gasteiger partial charge in [-0.1, -0.05) is 12.1 Å². The minimum Gasteiger partial charge on any atom is -0.490 e. The first-order valence-electron chi connectivity index (χ1n) is 6.94. The molecule has 0 aliphatic carbocycles. The predicted octanol–water partition coefficient (Wildman–Crippen LogP) is 3.21. The Balaban J connectivity index is 1.75. The molecule has 0 bridgehead atoms. The average molecular weight is 278 g/mol. The van der Waals surface area contributed by atoms with Crippen molar-refractivity contribution < 1.29 is 9.53 Å². The number of carbonyl (C=O) groups excluding carboxylic acids is 1. The number of nitrogens with one attached hydrogen (secondary N) is 1. The summed E-state index contributed by atoms with van der Waals surface area (Å²) in [5.41, 5.74) is 2.57. The van der Waals surface area contributed by atoms with Crippen molar-refractivity contribution in [3.8, 4) is 5.75 Å². The van der Waals surface area contributed by atoms with E-state index in [1.807, 2.05) is 54.7 Å². The lowest BCUT2D eigenvalue weighted by Crippen LogP contribution is -2.37. The quantitative estimate of drug-likeness (QED) is 0.743. The van der Waals surface area contributed by atoms with E-state index in [0.29, 0.717) is 18.7 Å². The molecule has 1 amide bonds. The van der Waals surface area contributed by atoms with Crippen LogP contribution in [0.3, 0.4) is 0 Å². The molecule has 0 spiro atoms. The zero-order valence-corrected chi connectivity index (χ0v) is 11.4. The minimum absolute atomic E-state index is 0.00819. The highest BCUT2D eigenvalue weighted by Crippen LogP contribution is 2.32. The normalized spacial score (nSPS) is 13.8. The molecule has 0 atom stereocenters. The topological polar surface area (TPSA) is 45.3 Å². The Labute approximate surface area is 122 Å². The van der Waals surface area contributed by atoms with E-state index >= 15 is 0 Å². The Kier molecular flexibility index (Phi) is 2.67. The number of carbonyl (C=O) groups is 1. The standard InChI is InChI=1S/C17H14N2O2/c20-17(13-5-6-14-12(11-13)7-8-18-14)19-9-10-21-16-4-2-1-3-15(16)19/h1-8,11,18H,9-10H2. The monoisotopic (exact) mass is 278 g/mol. The van der Waals surface area contributed by atoms with Crippen molar-refractivity contribution >= 4 is 22.5 Å². The van der Waals surface area contributed by atoms with Crippen LogP contribution in [-0.4, -0.2) is 24.0 Å². The van der Waals surface area contributed by atoms with Crippen molar-refractivity contribution in [1.29, 1.82) is 0 Å². The van der Waals surface area contributed by atoms with Gasteiger partial charge in [-0.15, -0.1) is 0 Å². The van der Waals surface area contributed by atoms with Gasteiger partial charge in [0, 0.05) is 22.7 Å². The molecular weight excluding hydrogens is 264 g/mol. The fourth-order valence-electron chi connectivity index (χ4n) is 2.72. The van der Waals surface area contributed by atoms with Gasteiger partial charge in [-0.2, -0.15) is 0 Å². The molecule has 4 rings (SSSR count). The summed E-state index contributed by atoms with van der Waals surface area (Å²) >= 11 is 0. The number of ether oxygens (including phenoxy) is 1. The smallest absolute Gasteiger partial charge is 0.258 e. The number of hydrogen-bond donors (Lipinski definition) is 1. The fourth-order valence-corrected chi connectivity index (χ4v) is 2.72. The first-order chi connectivity index (χ1) is 10.3. The van der Waals surface area contributed by atoms with Gasteiger partial charge in [0.15, 0.2) is 0 Å². The molecule has 0 unspecified atom stereocenters. The molecule has 0 saturated heterocycles. The molecule has 1 aromatic heterocycles. The van der Waals surface area contributed by atoms with E-state index in [2.05, 4.69) is 4.98 Å². The maximum atomic E-state index is 12.8. The summed E-state index contributed by atoms with van der Waals surface area (Å²) in [4.78, 5) is 17.7. The van der Waals surface area contributed by atoms with Crippen LogP contribution in [0.25, 0.3) is 10.9 Å². The third-order valence-corrected chi connectivity index (χ3v) is 3.77. The van der Waals surface area contributed by atoms with Gasteiger partial charge >= 0.3 is 0 Å². The van der Waals surface area contributed by atoms with Crippen LogP contribution in [0.5, 0.6) is 5.75 Å². The van der Waals surface area contributed by atoms with Crippen molar-refractivity contribution in [2.75, 3.05) is 18.1 Å². The summed E-state index contributed by atoms with van der Waals surface area (Å²) in [5, 5.41) is 1.04. The van der Waals surface area contributed by atoms with Gasteiger partial charge in [-0.3, -0.25) is 4.79 Å². The Morgan fingerprint density at radius 1 is 1.14 bits per heavy atom. The van der Waals surface area contributed by atoms with Crippen molar-refractivity contribution in [1.82, 2.24) is 4.98 Å². The largest absolute Gasteiger partial charge is 0.490 e. The second kappa shape index (κ2) is 4.66. The van der Waals surface area contributed by atoms with Gasteiger partial charge in [0.1, 0.15) is 12.4 Å². The number of rotatable bonds is 1. The molecule has 1 N–H and O–H groups in total. The highest BCUT2D eigenvalue weighted by Gasteiger charge is 2.24. The lowest BCUT2D eigenvalue weighted by atomic mass is 10.1. The number of para-hydroxylation sites is 2. The van der Waals surface area contributed by atoms with Crippen molar-refractivity contribution in [2.24, 2.45) is 0 Å². The first kappa shape index (κ1) is 12.0. The highest BCUT2D eigenvalue weighted by atomic mass is 16.5. The van der Waals surface area contributed by atoms with Crippen LogP contribution in [0.2, 0.25) is 0 Å². The molecule has 21 heavy (non-hydrogen) atoms. The fraction of sp³-hybridized carbons (Fsp3) is 0.118. The number of hydrogen-bond acceptors (Lipinski definition) is 2. The van der Waals surface area contributed by atoms with Crippen molar-refractivity contribution in [2.45, 2.75) is 0 Å². The molecule has 4 heteroatoms. The molecular formula is C17H14N2O2. The minimum atomic E-state index is 0.00819. The first-order valence-corrected chi connectivity index (χ1v) is 6.94. The molecule has 0 fully saturated rings. The number of H-pyrrole nitrogens is 1. The Morgan fingerprint density at radius 2 is 2.05 bits per heavy atom. The maximum Gasteiger partial charge on any atom is 0.258 e. The number of aromatic amines is 1. The van der Waals surface area contributed by atoms with Gasteiger partial charge in [-0.05, 0) is 36.4 Å². The zero-order valence-electron chi connectivity index (χ0n) is 11.4. The molecule has 1 aliphatic heterocycles. The van der Waals surface area contributed by atoms with E-state index in [0.717, 1.165) is 22.3 Å². The van der Waals surface area contributed by atoms with Crippen LogP contribution in [0.4, 0.5) is 5.69 Å². The summed E-state index contributed by atoms with van der Waals surface area (Å²) in [6.07, 6.45) is 1.88. The van der Waals surface area contributed by atoms with E-state index in [-0.39, 0.29) is 5.91 Å². The summed E-state index contributed by atoms with van der Waals surface area (Å²) < 4.78 is 5.60. The highest BCUT2D eigenvalue weighted by molar-refractivity contribution is 6.08. The van der Waals surface area contributed by atoms with Gasteiger partial charge < -0.3 is 14.6 Å². The summed E-state index contributed by atoms with van der Waals surface area (Å²) in [6.45, 7) is 1.09. The number of anilines is 1. The number of aromatic nitrogens is 1. The van der Waals surface area contributed by atoms with Crippen LogP contribution in [0.1, 0.15) is 10.4 Å². The third-order valence-electron chi connectivity index (χ3n) is 3.77. The van der Waals surface area contributed by atoms with Gasteiger partial charge in [0.05, 0.1) is 12.2 Å². The lowest BCUT2D eigenvalue weighted by molar-refractivity contribution is 0.0976. The average Bonchev–Trinajstić information content (AvgIpc) is 3.01. The van der Waals surface area contributed by atoms with Gasteiger partial charge in [-0.25, -0.2) is 0 Å². The maximum absolute atomic E-state index is 12.8. The SMILES string of the molecule is O=C(c1ccc2[nH]ccc2c1)N1CCOc2ccccc21. The number of nitrogens with zero attached hydrogens (tertiary/aromatic N) is 1. The van der Waals surface area contributed by atoms with Crippen LogP contribution in [0.15, 0.2) is 54.7 Å². The molecule has 2 aromatic carbocycles. The van der Waals surface area contributed by atoms with Crippen molar-refractivity contribution in [3.63, 3.8) is 0 Å². The second-order valence-corrected chi connectivity index (χ2v) is 5.05. The lowest BCUT2D eigenvalue weighted by Gasteiger charge is -2.29. The third kappa shape index (κ3) is 1.96. The van der Waals surface area contributed by atoms with Gasteiger partial charge in [0.25, 0.3) is 5.91 Å². The van der Waals surface area contributed by atoms with Crippen LogP contribution in [-0.2, 0) is 0 Å². The number of amides is 1. The summed E-state index contributed by atoms with van der Waals surface area (Å²) in [6, 6.07) is 15.3. The van der Waals surface area contributed by atoms with E-state index in [1.165, 1.54) is 0 Å². The van der Waals surface area contributed by atoms with E-state index in [4.69, 9.17) is 4.74 Å². The molecule has 0 radical (unpaired) electrons. The summed E-state index contributed by atoms with van der Waals surface area (Å²) in [5.74, 6) is 0.772. The van der Waals surface area contributed by atoms with Crippen LogP contribution < -0.4 is 9.64 Å². The Bertz CT molecular complexity index is 822. The van der Waals surface area contributed by atoms with E-state index < -0.39 is 0 Å². The summed E-state index contributed by atoms with van der Waals surface area (Å²) in [7, 11) is 0. The Morgan fingerprint density at radius 3 is 3.00 bits per heavy atom. The van der Waals surface area contributed by atoms with E-state index in [1.54, 1.807) is 4.90 Å². The molecule has 4 nitrogen and oxygen atoms in total. The van der Waals surface area contributed by atoms with Crippen LogP contribution >= 0.6 is 0 Å². The van der Waals surface area contributed by atoms with Crippen molar-refractivity contribution in [3.05, 3.63) is 60.3 Å². The number of benzene rings is 2. The number of fused-ring (bicyclic) bond motifs is 2. The molecule has 104 valence electrons. The van der Waals surface area contributed by atoms with E-state index in [9.17, 15) is 4.79 Å². The predicted molar refractivity (Wildman–Crippen MR) is 81.9 cm³/mol. The van der Waals surface area contributed by atoms with Crippen LogP contribution in [0, 0.1) is 0 Å². The molecule has 2 heterocycles. The Hall–Kier alpha value is -2.75. The molecule has 0 saturated carbocycles. The second-order valence-electron chi connectivity index (χ2n) is 5.05. The van der Waals surface area contributed by atoms with Gasteiger partial charge in [0.2, 0.25) is 0 Å². The molecule has 1 aliphatic rings. The molecule has 3 aromatic rings.